The van der Waals surface area contributed by atoms with Gasteiger partial charge in [0.25, 0.3) is 0 Å². The van der Waals surface area contributed by atoms with Crippen molar-refractivity contribution in [2.24, 2.45) is 5.73 Å². The second kappa shape index (κ2) is 5.13. The van der Waals surface area contributed by atoms with Gasteiger partial charge in [0, 0.05) is 11.8 Å². The predicted octanol–water partition coefficient (Wildman–Crippen LogP) is 1.42. The highest BCUT2D eigenvalue weighted by atomic mass is 19.3. The Bertz CT molecular complexity index is 412. The van der Waals surface area contributed by atoms with Crippen LogP contribution in [0, 0.1) is 5.95 Å². The number of hydrogen-bond donors (Lipinski definition) is 1. The Kier molecular flexibility index (Phi) is 4.06. The molecular formula is C10H11F3N2O2. The summed E-state index contributed by atoms with van der Waals surface area (Å²) >= 11 is 0. The lowest BCUT2D eigenvalue weighted by Crippen LogP contribution is -2.42. The van der Waals surface area contributed by atoms with Gasteiger partial charge >= 0.3 is 11.9 Å². The normalized spacial score (nSPS) is 13.2. The third-order valence-corrected chi connectivity index (χ3v) is 2.06. The van der Waals surface area contributed by atoms with Crippen molar-refractivity contribution in [1.29, 1.82) is 0 Å². The molecule has 0 saturated heterocycles. The van der Waals surface area contributed by atoms with E-state index in [0.717, 1.165) is 12.3 Å². The number of nitrogens with two attached hydrogens (primary N) is 1. The minimum Gasteiger partial charge on any atom is -0.462 e. The Labute approximate surface area is 95.6 Å². The third kappa shape index (κ3) is 2.73. The van der Waals surface area contributed by atoms with Crippen molar-refractivity contribution in [3.8, 4) is 0 Å². The SMILES string of the molecule is CCOC(=O)C(F)(F)[C@H](N)c1cccnc1F. The molecule has 4 nitrogen and oxygen atoms in total. The lowest BCUT2D eigenvalue weighted by atomic mass is 10.0. The number of pyridine rings is 1. The molecule has 1 rings (SSSR count). The molecule has 0 radical (unpaired) electrons. The van der Waals surface area contributed by atoms with Crippen molar-refractivity contribution in [1.82, 2.24) is 4.98 Å². The van der Waals surface area contributed by atoms with Crippen LogP contribution >= 0.6 is 0 Å². The Morgan fingerprint density at radius 2 is 2.29 bits per heavy atom. The van der Waals surface area contributed by atoms with Crippen LogP contribution < -0.4 is 5.73 Å². The summed E-state index contributed by atoms with van der Waals surface area (Å²) in [6, 6.07) is 0.162. The van der Waals surface area contributed by atoms with Gasteiger partial charge in [-0.2, -0.15) is 13.2 Å². The van der Waals surface area contributed by atoms with Crippen LogP contribution in [0.5, 0.6) is 0 Å². The highest BCUT2D eigenvalue weighted by molar-refractivity contribution is 5.78. The van der Waals surface area contributed by atoms with Gasteiger partial charge in [0.1, 0.15) is 6.04 Å². The summed E-state index contributed by atoms with van der Waals surface area (Å²) in [4.78, 5) is 14.2. The summed E-state index contributed by atoms with van der Waals surface area (Å²) in [5.74, 6) is -6.92. The zero-order valence-electron chi connectivity index (χ0n) is 8.99. The van der Waals surface area contributed by atoms with E-state index in [2.05, 4.69) is 9.72 Å². The monoisotopic (exact) mass is 248 g/mol. The number of esters is 1. The summed E-state index contributed by atoms with van der Waals surface area (Å²) in [6.07, 6.45) is 1.09. The van der Waals surface area contributed by atoms with E-state index >= 15 is 0 Å². The van der Waals surface area contributed by atoms with Crippen LogP contribution in [0.15, 0.2) is 18.3 Å². The zero-order chi connectivity index (χ0) is 13.1. The molecule has 0 aliphatic carbocycles. The lowest BCUT2D eigenvalue weighted by Gasteiger charge is -2.21. The topological polar surface area (TPSA) is 65.2 Å². The predicted molar refractivity (Wildman–Crippen MR) is 52.7 cm³/mol. The summed E-state index contributed by atoms with van der Waals surface area (Å²) < 4.78 is 44.3. The number of carbonyl (C=O) groups excluding carboxylic acids is 1. The average molecular weight is 248 g/mol. The molecule has 94 valence electrons. The minimum absolute atomic E-state index is 0.212. The first-order valence-corrected chi connectivity index (χ1v) is 4.82. The Morgan fingerprint density at radius 3 is 2.82 bits per heavy atom. The Balaban J connectivity index is 3.00. The van der Waals surface area contributed by atoms with Gasteiger partial charge in [-0.25, -0.2) is 9.78 Å². The molecule has 0 amide bonds. The molecule has 1 aromatic rings. The van der Waals surface area contributed by atoms with E-state index in [9.17, 15) is 18.0 Å². The molecule has 7 heteroatoms. The Morgan fingerprint density at radius 1 is 1.65 bits per heavy atom. The van der Waals surface area contributed by atoms with Crippen LogP contribution in [0.1, 0.15) is 18.5 Å². The van der Waals surface area contributed by atoms with Crippen molar-refractivity contribution < 1.29 is 22.7 Å². The fourth-order valence-electron chi connectivity index (χ4n) is 1.18. The second-order valence-corrected chi connectivity index (χ2v) is 3.20. The van der Waals surface area contributed by atoms with Crippen molar-refractivity contribution in [2.75, 3.05) is 6.61 Å². The number of alkyl halides is 2. The molecular weight excluding hydrogens is 237 g/mol. The summed E-state index contributed by atoms with van der Waals surface area (Å²) in [5, 5.41) is 0. The number of hydrogen-bond acceptors (Lipinski definition) is 4. The molecule has 0 aliphatic rings. The van der Waals surface area contributed by atoms with Crippen molar-refractivity contribution >= 4 is 5.97 Å². The quantitative estimate of drug-likeness (QED) is 0.646. The fraction of sp³-hybridized carbons (Fsp3) is 0.400. The average Bonchev–Trinajstić information content (AvgIpc) is 2.29. The largest absolute Gasteiger partial charge is 0.462 e. The van der Waals surface area contributed by atoms with Crippen LogP contribution in [0.4, 0.5) is 13.2 Å². The summed E-state index contributed by atoms with van der Waals surface area (Å²) in [5.41, 5.74) is 4.64. The molecule has 0 aromatic carbocycles. The molecule has 17 heavy (non-hydrogen) atoms. The van der Waals surface area contributed by atoms with E-state index < -0.39 is 29.4 Å². The molecule has 0 aliphatic heterocycles. The molecule has 1 aromatic heterocycles. The number of rotatable bonds is 4. The lowest BCUT2D eigenvalue weighted by molar-refractivity contribution is -0.174. The van der Waals surface area contributed by atoms with E-state index in [1.165, 1.54) is 13.0 Å². The highest BCUT2D eigenvalue weighted by Gasteiger charge is 2.48. The van der Waals surface area contributed by atoms with Crippen LogP contribution in [0.3, 0.4) is 0 Å². The maximum absolute atomic E-state index is 13.5. The maximum Gasteiger partial charge on any atom is 0.379 e. The van der Waals surface area contributed by atoms with Crippen LogP contribution in [-0.4, -0.2) is 23.5 Å². The highest BCUT2D eigenvalue weighted by Crippen LogP contribution is 2.31. The molecule has 0 bridgehead atoms. The van der Waals surface area contributed by atoms with Crippen molar-refractivity contribution in [3.63, 3.8) is 0 Å². The fourth-order valence-corrected chi connectivity index (χ4v) is 1.18. The van der Waals surface area contributed by atoms with Crippen molar-refractivity contribution in [3.05, 3.63) is 29.8 Å². The summed E-state index contributed by atoms with van der Waals surface area (Å²) in [7, 11) is 0. The number of ether oxygens (including phenoxy) is 1. The molecule has 2 N–H and O–H groups in total. The molecule has 1 atom stereocenters. The van der Waals surface area contributed by atoms with E-state index in [-0.39, 0.29) is 6.61 Å². The van der Waals surface area contributed by atoms with Crippen LogP contribution in [-0.2, 0) is 9.53 Å². The van der Waals surface area contributed by atoms with Crippen LogP contribution in [0.25, 0.3) is 0 Å². The first-order valence-electron chi connectivity index (χ1n) is 4.82. The summed E-state index contributed by atoms with van der Waals surface area (Å²) in [6.45, 7) is 1.17. The van der Waals surface area contributed by atoms with E-state index in [1.807, 2.05) is 0 Å². The second-order valence-electron chi connectivity index (χ2n) is 3.20. The van der Waals surface area contributed by atoms with Gasteiger partial charge in [0.15, 0.2) is 0 Å². The third-order valence-electron chi connectivity index (χ3n) is 2.06. The number of halogens is 3. The van der Waals surface area contributed by atoms with E-state index in [4.69, 9.17) is 5.73 Å². The molecule has 1 heterocycles. The van der Waals surface area contributed by atoms with Crippen LogP contribution in [0.2, 0.25) is 0 Å². The molecule has 0 saturated carbocycles. The first-order chi connectivity index (χ1) is 7.91. The first kappa shape index (κ1) is 13.4. The van der Waals surface area contributed by atoms with E-state index in [1.54, 1.807) is 0 Å². The van der Waals surface area contributed by atoms with Gasteiger partial charge < -0.3 is 10.5 Å². The van der Waals surface area contributed by atoms with Gasteiger partial charge in [-0.05, 0) is 13.0 Å². The number of nitrogens with zero attached hydrogens (tertiary/aromatic N) is 1. The van der Waals surface area contributed by atoms with Gasteiger partial charge in [-0.1, -0.05) is 6.07 Å². The number of carbonyl (C=O) groups is 1. The van der Waals surface area contributed by atoms with E-state index in [0.29, 0.717) is 0 Å². The maximum atomic E-state index is 13.5. The van der Waals surface area contributed by atoms with Gasteiger partial charge in [-0.15, -0.1) is 0 Å². The standard InChI is InChI=1S/C10H11F3N2O2/c1-2-17-9(16)10(12,13)7(14)6-4-3-5-15-8(6)11/h3-5,7H,2,14H2,1H3/t7-/m1/s1. The van der Waals surface area contributed by atoms with Gasteiger partial charge in [-0.3, -0.25) is 0 Å². The molecule has 0 spiro atoms. The van der Waals surface area contributed by atoms with Crippen molar-refractivity contribution in [2.45, 2.75) is 18.9 Å². The smallest absolute Gasteiger partial charge is 0.379 e. The van der Waals surface area contributed by atoms with Gasteiger partial charge in [0.2, 0.25) is 5.95 Å². The zero-order valence-corrected chi connectivity index (χ0v) is 8.99. The molecule has 0 unspecified atom stereocenters. The minimum atomic E-state index is -4.00. The Hall–Kier alpha value is -1.63. The number of aromatic nitrogens is 1. The van der Waals surface area contributed by atoms with Gasteiger partial charge in [0.05, 0.1) is 6.61 Å². The molecule has 0 fully saturated rings.